The lowest BCUT2D eigenvalue weighted by Crippen LogP contribution is -2.31. The van der Waals surface area contributed by atoms with Crippen molar-refractivity contribution in [2.75, 3.05) is 6.61 Å². The maximum absolute atomic E-state index is 12.9. The normalized spacial score (nSPS) is 11.8. The van der Waals surface area contributed by atoms with Crippen molar-refractivity contribution in [1.29, 1.82) is 0 Å². The van der Waals surface area contributed by atoms with Gasteiger partial charge in [-0.15, -0.1) is 0 Å². The fraction of sp³-hybridized carbons (Fsp3) is 0.200. The molecular formula is C15H13ClFNO4. The lowest BCUT2D eigenvalue weighted by Gasteiger charge is -2.11. The predicted molar refractivity (Wildman–Crippen MR) is 77.0 cm³/mol. The molecule has 0 saturated carbocycles. The molecule has 1 amide bonds. The van der Waals surface area contributed by atoms with Crippen LogP contribution in [-0.4, -0.2) is 18.5 Å². The van der Waals surface area contributed by atoms with Crippen molar-refractivity contribution < 1.29 is 23.1 Å². The maximum Gasteiger partial charge on any atom is 0.340 e. The molecule has 7 heteroatoms. The van der Waals surface area contributed by atoms with Crippen molar-refractivity contribution in [2.24, 2.45) is 0 Å². The van der Waals surface area contributed by atoms with Gasteiger partial charge in [0.05, 0.1) is 22.9 Å². The van der Waals surface area contributed by atoms with Gasteiger partial charge in [0, 0.05) is 0 Å². The number of ether oxygens (including phenoxy) is 1. The Morgan fingerprint density at radius 2 is 2.18 bits per heavy atom. The molecule has 0 spiro atoms. The average molecular weight is 326 g/mol. The summed E-state index contributed by atoms with van der Waals surface area (Å²) in [6, 6.07) is 6.35. The van der Waals surface area contributed by atoms with Crippen LogP contribution in [0, 0.1) is 5.82 Å². The zero-order valence-corrected chi connectivity index (χ0v) is 12.4. The molecule has 5 nitrogen and oxygen atoms in total. The molecule has 116 valence electrons. The van der Waals surface area contributed by atoms with Crippen molar-refractivity contribution in [3.63, 3.8) is 0 Å². The van der Waals surface area contributed by atoms with Crippen LogP contribution in [0.5, 0.6) is 0 Å². The van der Waals surface area contributed by atoms with Crippen LogP contribution in [-0.2, 0) is 9.53 Å². The Kier molecular flexibility index (Phi) is 5.16. The second-order valence-electron chi connectivity index (χ2n) is 4.50. The smallest absolute Gasteiger partial charge is 0.340 e. The number of furan rings is 1. The number of hydrogen-bond acceptors (Lipinski definition) is 4. The summed E-state index contributed by atoms with van der Waals surface area (Å²) in [4.78, 5) is 23.5. The topological polar surface area (TPSA) is 68.5 Å². The standard InChI is InChI=1S/C15H13ClFNO4/c1-9(13-3-2-6-21-13)18-14(19)8-22-15(20)11-5-4-10(17)7-12(11)16/h2-7,9H,8H2,1H3,(H,18,19)/t9-/m1/s1. The molecule has 2 aromatic rings. The number of halogens is 2. The quantitative estimate of drug-likeness (QED) is 0.858. The molecule has 0 unspecified atom stereocenters. The number of esters is 1. The Morgan fingerprint density at radius 3 is 2.82 bits per heavy atom. The Labute approximate surface area is 131 Å². The van der Waals surface area contributed by atoms with E-state index in [0.29, 0.717) is 5.76 Å². The Bertz CT molecular complexity index is 672. The largest absolute Gasteiger partial charge is 0.467 e. The fourth-order valence-corrected chi connectivity index (χ4v) is 2.00. The molecule has 22 heavy (non-hydrogen) atoms. The molecule has 1 aromatic heterocycles. The Balaban J connectivity index is 1.86. The van der Waals surface area contributed by atoms with E-state index >= 15 is 0 Å². The van der Waals surface area contributed by atoms with Crippen molar-refractivity contribution in [3.05, 3.63) is 58.8 Å². The van der Waals surface area contributed by atoms with Crippen LogP contribution in [0.2, 0.25) is 5.02 Å². The van der Waals surface area contributed by atoms with E-state index in [9.17, 15) is 14.0 Å². The summed E-state index contributed by atoms with van der Waals surface area (Å²) in [6.45, 7) is 1.26. The molecular weight excluding hydrogens is 313 g/mol. The minimum atomic E-state index is -0.800. The van der Waals surface area contributed by atoms with E-state index in [1.807, 2.05) is 0 Å². The number of carbonyl (C=O) groups is 2. The number of amides is 1. The van der Waals surface area contributed by atoms with Crippen molar-refractivity contribution in [2.45, 2.75) is 13.0 Å². The molecule has 1 heterocycles. The molecule has 0 saturated heterocycles. The van der Waals surface area contributed by atoms with E-state index in [-0.39, 0.29) is 16.6 Å². The van der Waals surface area contributed by atoms with Gasteiger partial charge in [-0.05, 0) is 37.3 Å². The maximum atomic E-state index is 12.9. The van der Waals surface area contributed by atoms with Gasteiger partial charge >= 0.3 is 5.97 Å². The monoisotopic (exact) mass is 325 g/mol. The predicted octanol–water partition coefficient (Wildman–Crippen LogP) is 3.11. The molecule has 2 rings (SSSR count). The summed E-state index contributed by atoms with van der Waals surface area (Å²) in [5.41, 5.74) is -0.00468. The molecule has 0 radical (unpaired) electrons. The first kappa shape index (κ1) is 16.0. The molecule has 0 fully saturated rings. The summed E-state index contributed by atoms with van der Waals surface area (Å²) in [5.74, 6) is -1.27. The number of nitrogens with one attached hydrogen (secondary N) is 1. The van der Waals surface area contributed by atoms with Gasteiger partial charge in [-0.3, -0.25) is 4.79 Å². The molecule has 0 aliphatic carbocycles. The van der Waals surface area contributed by atoms with Crippen LogP contribution in [0.1, 0.15) is 29.1 Å². The van der Waals surface area contributed by atoms with Crippen LogP contribution < -0.4 is 5.32 Å². The van der Waals surface area contributed by atoms with E-state index in [1.165, 1.54) is 12.3 Å². The molecule has 0 bridgehead atoms. The summed E-state index contributed by atoms with van der Waals surface area (Å²) in [6.07, 6.45) is 1.49. The second kappa shape index (κ2) is 7.09. The van der Waals surface area contributed by atoms with Gasteiger partial charge in [0.2, 0.25) is 0 Å². The highest BCUT2D eigenvalue weighted by atomic mass is 35.5. The van der Waals surface area contributed by atoms with Gasteiger partial charge < -0.3 is 14.5 Å². The summed E-state index contributed by atoms with van der Waals surface area (Å²) in [5, 5.41) is 2.54. The highest BCUT2D eigenvalue weighted by Crippen LogP contribution is 2.18. The van der Waals surface area contributed by atoms with E-state index in [1.54, 1.807) is 19.1 Å². The van der Waals surface area contributed by atoms with Crippen LogP contribution in [0.4, 0.5) is 4.39 Å². The number of rotatable bonds is 5. The zero-order valence-electron chi connectivity index (χ0n) is 11.6. The second-order valence-corrected chi connectivity index (χ2v) is 4.91. The van der Waals surface area contributed by atoms with Gasteiger partial charge in [-0.1, -0.05) is 11.6 Å². The third-order valence-corrected chi connectivity index (χ3v) is 3.15. The number of hydrogen-bond donors (Lipinski definition) is 1. The summed E-state index contributed by atoms with van der Waals surface area (Å²) in [7, 11) is 0. The molecule has 1 aromatic carbocycles. The van der Waals surface area contributed by atoms with Gasteiger partial charge in [0.25, 0.3) is 5.91 Å². The zero-order chi connectivity index (χ0) is 16.1. The first-order chi connectivity index (χ1) is 10.5. The van der Waals surface area contributed by atoms with Crippen LogP contribution in [0.25, 0.3) is 0 Å². The molecule has 0 aliphatic rings. The van der Waals surface area contributed by atoms with Gasteiger partial charge in [0.15, 0.2) is 6.61 Å². The van der Waals surface area contributed by atoms with Gasteiger partial charge in [-0.25, -0.2) is 9.18 Å². The van der Waals surface area contributed by atoms with Crippen molar-refractivity contribution in [3.8, 4) is 0 Å². The summed E-state index contributed by atoms with van der Waals surface area (Å²) >= 11 is 5.74. The lowest BCUT2D eigenvalue weighted by atomic mass is 10.2. The number of carbonyl (C=O) groups excluding carboxylic acids is 2. The minimum absolute atomic E-state index is 0.00468. The van der Waals surface area contributed by atoms with Crippen LogP contribution in [0.3, 0.4) is 0 Å². The van der Waals surface area contributed by atoms with Crippen LogP contribution in [0.15, 0.2) is 41.0 Å². The van der Waals surface area contributed by atoms with E-state index in [4.69, 9.17) is 20.8 Å². The molecule has 1 atom stereocenters. The molecule has 1 N–H and O–H groups in total. The SMILES string of the molecule is C[C@@H](NC(=O)COC(=O)c1ccc(F)cc1Cl)c1ccco1. The Morgan fingerprint density at radius 1 is 1.41 bits per heavy atom. The van der Waals surface area contributed by atoms with Gasteiger partial charge in [0.1, 0.15) is 11.6 Å². The Hall–Kier alpha value is -2.34. The van der Waals surface area contributed by atoms with E-state index in [0.717, 1.165) is 12.1 Å². The highest BCUT2D eigenvalue weighted by Gasteiger charge is 2.16. The van der Waals surface area contributed by atoms with Crippen molar-refractivity contribution in [1.82, 2.24) is 5.32 Å². The van der Waals surface area contributed by atoms with Gasteiger partial charge in [-0.2, -0.15) is 0 Å². The highest BCUT2D eigenvalue weighted by molar-refractivity contribution is 6.33. The van der Waals surface area contributed by atoms with Crippen LogP contribution >= 0.6 is 11.6 Å². The molecule has 0 aliphatic heterocycles. The third kappa shape index (κ3) is 4.08. The first-order valence-electron chi connectivity index (χ1n) is 6.42. The first-order valence-corrected chi connectivity index (χ1v) is 6.80. The fourth-order valence-electron chi connectivity index (χ4n) is 1.76. The van der Waals surface area contributed by atoms with E-state index in [2.05, 4.69) is 5.32 Å². The minimum Gasteiger partial charge on any atom is -0.467 e. The lowest BCUT2D eigenvalue weighted by molar-refractivity contribution is -0.125. The van der Waals surface area contributed by atoms with Crippen molar-refractivity contribution >= 4 is 23.5 Å². The average Bonchev–Trinajstić information content (AvgIpc) is 2.99. The summed E-state index contributed by atoms with van der Waals surface area (Å²) < 4.78 is 22.9. The number of benzene rings is 1. The van der Waals surface area contributed by atoms with E-state index < -0.39 is 24.3 Å². The third-order valence-electron chi connectivity index (χ3n) is 2.83.